The fraction of sp³-hybridized carbons (Fsp3) is 0.455. The molecule has 0 aliphatic carbocycles. The van der Waals surface area contributed by atoms with E-state index in [2.05, 4.69) is 0 Å². The number of hydrogen-bond donors (Lipinski definition) is 1. The average molecular weight is 342 g/mol. The molecule has 1 aliphatic heterocycles. The maximum absolute atomic E-state index is 11.2. The van der Waals surface area contributed by atoms with Gasteiger partial charge >= 0.3 is 10.3 Å². The van der Waals surface area contributed by atoms with Crippen LogP contribution in [0.2, 0.25) is 10.0 Å². The quantitative estimate of drug-likeness (QED) is 0.854. The van der Waals surface area contributed by atoms with Gasteiger partial charge in [0.05, 0.1) is 0 Å². The van der Waals surface area contributed by atoms with E-state index in [1.165, 1.54) is 13.1 Å². The van der Waals surface area contributed by atoms with E-state index in [0.717, 1.165) is 0 Å². The van der Waals surface area contributed by atoms with Crippen molar-refractivity contribution in [2.24, 2.45) is 0 Å². The average Bonchev–Trinajstić information content (AvgIpc) is 2.68. The van der Waals surface area contributed by atoms with E-state index in [9.17, 15) is 8.42 Å². The molecule has 1 aromatic rings. The first kappa shape index (κ1) is 16.0. The summed E-state index contributed by atoms with van der Waals surface area (Å²) < 4.78 is 43.2. The molecule has 0 radical (unpaired) electrons. The van der Waals surface area contributed by atoms with Crippen LogP contribution in [0.4, 0.5) is 0 Å². The van der Waals surface area contributed by atoms with Crippen LogP contribution in [0.1, 0.15) is 18.6 Å². The number of rotatable bonds is 3. The third-order valence-corrected chi connectivity index (χ3v) is 4.42. The summed E-state index contributed by atoms with van der Waals surface area (Å²) in [5.74, 6) is 0. The summed E-state index contributed by atoms with van der Waals surface area (Å²) >= 11 is 11.9. The van der Waals surface area contributed by atoms with Crippen LogP contribution >= 0.6 is 23.2 Å². The summed E-state index contributed by atoms with van der Waals surface area (Å²) in [6, 6.07) is 4.76. The molecule has 20 heavy (non-hydrogen) atoms. The lowest BCUT2D eigenvalue weighted by Gasteiger charge is -2.24. The van der Waals surface area contributed by atoms with E-state index >= 15 is 0 Å². The number of halogens is 2. The molecule has 1 heterocycles. The van der Waals surface area contributed by atoms with E-state index in [0.29, 0.717) is 19.9 Å². The van der Waals surface area contributed by atoms with E-state index in [4.69, 9.17) is 37.2 Å². The van der Waals surface area contributed by atoms with Gasteiger partial charge < -0.3 is 9.47 Å². The lowest BCUT2D eigenvalue weighted by molar-refractivity contribution is -0.0637. The molecule has 0 spiro atoms. The Bertz CT molecular complexity index is 609. The summed E-state index contributed by atoms with van der Waals surface area (Å²) in [5, 5.41) is 0.777. The lowest BCUT2D eigenvalue weighted by Crippen LogP contribution is -2.39. The molecule has 0 saturated carbocycles. The van der Waals surface area contributed by atoms with Gasteiger partial charge in [-0.15, -0.1) is 0 Å². The zero-order valence-corrected chi connectivity index (χ0v) is 13.0. The summed E-state index contributed by atoms with van der Waals surface area (Å²) in [4.78, 5) is 0. The molecule has 1 saturated heterocycles. The van der Waals surface area contributed by atoms with Crippen molar-refractivity contribution in [2.45, 2.75) is 25.5 Å². The topological polar surface area (TPSA) is 76.1 Å². The number of likely N-dealkylation sites (N-methyl/N-ethyl adjacent to an activating group) is 1. The first-order valence-electron chi connectivity index (χ1n) is 5.66. The highest BCUT2D eigenvalue weighted by molar-refractivity contribution is 7.83. The van der Waals surface area contributed by atoms with Crippen molar-refractivity contribution in [1.82, 2.24) is 4.31 Å². The van der Waals surface area contributed by atoms with Crippen molar-refractivity contribution in [3.63, 3.8) is 0 Å². The monoisotopic (exact) mass is 341 g/mol. The van der Waals surface area contributed by atoms with Gasteiger partial charge in [-0.25, -0.2) is 0 Å². The van der Waals surface area contributed by atoms with E-state index < -0.39 is 28.9 Å². The molecule has 3 atom stereocenters. The largest absolute Gasteiger partial charge is 0.341 e. The van der Waals surface area contributed by atoms with Gasteiger partial charge in [-0.3, -0.25) is 4.55 Å². The van der Waals surface area contributed by atoms with Crippen LogP contribution in [0.25, 0.3) is 0 Å². The van der Waals surface area contributed by atoms with E-state index in [1.807, 2.05) is 0 Å². The van der Waals surface area contributed by atoms with Crippen LogP contribution in [0.3, 0.4) is 0 Å². The minimum Gasteiger partial charge on any atom is -0.341 e. The second kappa shape index (κ2) is 5.76. The first-order chi connectivity index (χ1) is 9.20. The third kappa shape index (κ3) is 3.25. The zero-order chi connectivity index (χ0) is 15.1. The maximum atomic E-state index is 11.2. The fourth-order valence-corrected chi connectivity index (χ4v) is 2.88. The molecule has 2 rings (SSSR count). The normalized spacial score (nSPS) is 27.2. The predicted octanol–water partition coefficient (Wildman–Crippen LogP) is 2.49. The van der Waals surface area contributed by atoms with Crippen LogP contribution in [-0.2, 0) is 19.8 Å². The molecule has 0 bridgehead atoms. The number of benzene rings is 1. The second-order valence-corrected chi connectivity index (χ2v) is 6.63. The van der Waals surface area contributed by atoms with E-state index in [1.54, 1.807) is 19.1 Å². The fourth-order valence-electron chi connectivity index (χ4n) is 1.94. The molecule has 6 nitrogen and oxygen atoms in total. The Morgan fingerprint density at radius 2 is 1.95 bits per heavy atom. The van der Waals surface area contributed by atoms with Gasteiger partial charge in [0.25, 0.3) is 0 Å². The molecular formula is C11H13Cl2NO5S. The van der Waals surface area contributed by atoms with Gasteiger partial charge in [0.15, 0.2) is 12.5 Å². The molecule has 1 aliphatic rings. The van der Waals surface area contributed by atoms with Crippen LogP contribution < -0.4 is 0 Å². The molecule has 0 amide bonds. The van der Waals surface area contributed by atoms with Crippen LogP contribution in [0.15, 0.2) is 18.2 Å². The maximum Gasteiger partial charge on any atom is 0.337 e. The first-order valence-corrected chi connectivity index (χ1v) is 7.81. The molecule has 112 valence electrons. The number of hydrogen-bond acceptors (Lipinski definition) is 4. The molecule has 9 heteroatoms. The van der Waals surface area contributed by atoms with Crippen molar-refractivity contribution in [2.75, 3.05) is 7.05 Å². The smallest absolute Gasteiger partial charge is 0.337 e. The molecule has 0 aromatic heterocycles. The van der Waals surface area contributed by atoms with Gasteiger partial charge in [0, 0.05) is 22.7 Å². The zero-order valence-electron chi connectivity index (χ0n) is 10.7. The van der Waals surface area contributed by atoms with Gasteiger partial charge in [0.1, 0.15) is 6.10 Å². The predicted molar refractivity (Wildman–Crippen MR) is 73.9 cm³/mol. The molecule has 1 aromatic carbocycles. The lowest BCUT2D eigenvalue weighted by atomic mass is 10.1. The molecule has 1 N–H and O–H groups in total. The van der Waals surface area contributed by atoms with Crippen molar-refractivity contribution in [1.29, 1.82) is 0 Å². The molecule has 3 unspecified atom stereocenters. The summed E-state index contributed by atoms with van der Waals surface area (Å²) in [5.41, 5.74) is 0.529. The van der Waals surface area contributed by atoms with Crippen molar-refractivity contribution < 1.29 is 22.4 Å². The highest BCUT2D eigenvalue weighted by atomic mass is 35.5. The molecule has 1 fully saturated rings. The van der Waals surface area contributed by atoms with Gasteiger partial charge in [-0.05, 0) is 19.1 Å². The Kier molecular flexibility index (Phi) is 4.60. The Morgan fingerprint density at radius 3 is 2.50 bits per heavy atom. The number of nitrogens with zero attached hydrogens (tertiary/aromatic N) is 1. The summed E-state index contributed by atoms with van der Waals surface area (Å²) in [6.07, 6.45) is -2.42. The van der Waals surface area contributed by atoms with Crippen LogP contribution in [-0.4, -0.2) is 36.8 Å². The van der Waals surface area contributed by atoms with Crippen molar-refractivity contribution in [3.05, 3.63) is 33.8 Å². The van der Waals surface area contributed by atoms with Crippen molar-refractivity contribution in [3.8, 4) is 0 Å². The standard InChI is InChI=1S/C11H13Cl2NO5S/c1-6-18-10(8-4-3-7(12)5-9(8)13)11(19-6)14(2)20(15,16)17/h3-6,10-11H,1-2H3,(H,15,16,17). The Hall–Kier alpha value is -0.410. The second-order valence-electron chi connectivity index (χ2n) is 4.31. The van der Waals surface area contributed by atoms with Gasteiger partial charge in [0.2, 0.25) is 0 Å². The third-order valence-electron chi connectivity index (χ3n) is 2.92. The minimum atomic E-state index is -4.41. The SMILES string of the molecule is CC1OC(c2ccc(Cl)cc2Cl)C(N(C)S(=O)(=O)O)O1. The Labute approximate surface area is 127 Å². The molecular weight excluding hydrogens is 329 g/mol. The number of ether oxygens (including phenoxy) is 2. The highest BCUT2D eigenvalue weighted by Crippen LogP contribution is 2.38. The van der Waals surface area contributed by atoms with Crippen LogP contribution in [0, 0.1) is 0 Å². The van der Waals surface area contributed by atoms with Crippen molar-refractivity contribution >= 4 is 33.5 Å². The van der Waals surface area contributed by atoms with Crippen LogP contribution in [0.5, 0.6) is 0 Å². The Morgan fingerprint density at radius 1 is 1.30 bits per heavy atom. The van der Waals surface area contributed by atoms with E-state index in [-0.39, 0.29) is 0 Å². The minimum absolute atomic E-state index is 0.328. The Balaban J connectivity index is 2.38. The van der Waals surface area contributed by atoms with Gasteiger partial charge in [-0.1, -0.05) is 29.3 Å². The van der Waals surface area contributed by atoms with Gasteiger partial charge in [-0.2, -0.15) is 12.7 Å². The summed E-state index contributed by atoms with van der Waals surface area (Å²) in [6.45, 7) is 1.62. The summed E-state index contributed by atoms with van der Waals surface area (Å²) in [7, 11) is -3.22. The highest BCUT2D eigenvalue weighted by Gasteiger charge is 2.42.